The Labute approximate surface area is 145 Å². The number of piperidine rings is 1. The highest BCUT2D eigenvalue weighted by Crippen LogP contribution is 2.26. The molecule has 1 fully saturated rings. The highest BCUT2D eigenvalue weighted by molar-refractivity contribution is 5.97. The number of amides is 1. The zero-order valence-corrected chi connectivity index (χ0v) is 15.3. The van der Waals surface area contributed by atoms with Crippen molar-refractivity contribution in [3.63, 3.8) is 0 Å². The third-order valence-electron chi connectivity index (χ3n) is 4.42. The van der Waals surface area contributed by atoms with Gasteiger partial charge in [0.1, 0.15) is 11.5 Å². The van der Waals surface area contributed by atoms with Gasteiger partial charge in [0.25, 0.3) is 5.91 Å². The summed E-state index contributed by atoms with van der Waals surface area (Å²) in [7, 11) is 1.61. The first-order chi connectivity index (χ1) is 11.5. The number of nitrogens with zero attached hydrogens (tertiary/aromatic N) is 1. The number of ether oxygens (including phenoxy) is 2. The predicted octanol–water partition coefficient (Wildman–Crippen LogP) is 3.09. The number of likely N-dealkylation sites (tertiary alicyclic amines) is 1. The number of hydrogen-bond donors (Lipinski definition) is 1. The molecule has 1 N–H and O–H groups in total. The summed E-state index contributed by atoms with van der Waals surface area (Å²) in [6.45, 7) is 8.82. The van der Waals surface area contributed by atoms with Crippen LogP contribution in [0.2, 0.25) is 0 Å². The highest BCUT2D eigenvalue weighted by Gasteiger charge is 2.19. The fourth-order valence-electron chi connectivity index (χ4n) is 3.07. The van der Waals surface area contributed by atoms with Gasteiger partial charge in [-0.25, -0.2) is 0 Å². The normalized spacial score (nSPS) is 18.5. The van der Waals surface area contributed by atoms with Crippen LogP contribution in [0.4, 0.5) is 0 Å². The van der Waals surface area contributed by atoms with E-state index in [1.54, 1.807) is 25.3 Å². The molecule has 1 aliphatic rings. The molecule has 5 nitrogen and oxygen atoms in total. The smallest absolute Gasteiger partial charge is 0.255 e. The third kappa shape index (κ3) is 5.13. The lowest BCUT2D eigenvalue weighted by molar-refractivity contribution is 0.0932. The average Bonchev–Trinajstić information content (AvgIpc) is 2.55. The molecule has 0 bridgehead atoms. The number of carbonyl (C=O) groups excluding carboxylic acids is 1. The largest absolute Gasteiger partial charge is 0.497 e. The van der Waals surface area contributed by atoms with Gasteiger partial charge in [-0.3, -0.25) is 9.69 Å². The molecule has 1 aromatic rings. The van der Waals surface area contributed by atoms with E-state index in [0.29, 0.717) is 29.6 Å². The van der Waals surface area contributed by atoms with E-state index in [-0.39, 0.29) is 12.0 Å². The Morgan fingerprint density at radius 2 is 2.17 bits per heavy atom. The van der Waals surface area contributed by atoms with Crippen LogP contribution in [0.3, 0.4) is 0 Å². The van der Waals surface area contributed by atoms with E-state index in [4.69, 9.17) is 9.47 Å². The summed E-state index contributed by atoms with van der Waals surface area (Å²) in [6.07, 6.45) is 3.81. The lowest BCUT2D eigenvalue weighted by Crippen LogP contribution is -2.42. The number of rotatable bonds is 7. The zero-order valence-electron chi connectivity index (χ0n) is 15.3. The predicted molar refractivity (Wildman–Crippen MR) is 96.0 cm³/mol. The van der Waals surface area contributed by atoms with Crippen LogP contribution >= 0.6 is 0 Å². The number of hydrogen-bond acceptors (Lipinski definition) is 4. The van der Waals surface area contributed by atoms with Gasteiger partial charge in [0.2, 0.25) is 0 Å². The van der Waals surface area contributed by atoms with Gasteiger partial charge < -0.3 is 14.8 Å². The van der Waals surface area contributed by atoms with Crippen LogP contribution in [0.1, 0.15) is 50.4 Å². The summed E-state index contributed by atoms with van der Waals surface area (Å²) in [6, 6.07) is 5.92. The summed E-state index contributed by atoms with van der Waals surface area (Å²) in [5.41, 5.74) is 0.552. The minimum atomic E-state index is -0.0991. The van der Waals surface area contributed by atoms with Crippen molar-refractivity contribution in [3.8, 4) is 11.5 Å². The van der Waals surface area contributed by atoms with Crippen LogP contribution in [-0.2, 0) is 0 Å². The van der Waals surface area contributed by atoms with Crippen LogP contribution in [0, 0.1) is 0 Å². The van der Waals surface area contributed by atoms with E-state index >= 15 is 0 Å². The Morgan fingerprint density at radius 1 is 1.38 bits per heavy atom. The zero-order chi connectivity index (χ0) is 17.5. The third-order valence-corrected chi connectivity index (χ3v) is 4.42. The minimum Gasteiger partial charge on any atom is -0.497 e. The Morgan fingerprint density at radius 3 is 2.83 bits per heavy atom. The molecule has 0 saturated carbocycles. The van der Waals surface area contributed by atoms with Crippen LogP contribution in [0.25, 0.3) is 0 Å². The molecule has 0 aromatic heterocycles. The van der Waals surface area contributed by atoms with Crippen molar-refractivity contribution in [1.29, 1.82) is 0 Å². The summed E-state index contributed by atoms with van der Waals surface area (Å²) in [5.74, 6) is 1.15. The van der Waals surface area contributed by atoms with Gasteiger partial charge in [-0.1, -0.05) is 6.42 Å². The van der Waals surface area contributed by atoms with Crippen molar-refractivity contribution >= 4 is 5.91 Å². The molecule has 1 heterocycles. The molecule has 1 aromatic carbocycles. The maximum Gasteiger partial charge on any atom is 0.255 e. The molecule has 134 valence electrons. The minimum absolute atomic E-state index is 0.00199. The quantitative estimate of drug-likeness (QED) is 0.832. The van der Waals surface area contributed by atoms with E-state index in [9.17, 15) is 4.79 Å². The Bertz CT molecular complexity index is 545. The second-order valence-electron chi connectivity index (χ2n) is 6.67. The summed E-state index contributed by atoms with van der Waals surface area (Å²) in [5, 5.41) is 3.02. The first kappa shape index (κ1) is 18.6. The van der Waals surface area contributed by atoms with Crippen molar-refractivity contribution in [2.75, 3.05) is 26.7 Å². The summed E-state index contributed by atoms with van der Waals surface area (Å²) < 4.78 is 11.0. The van der Waals surface area contributed by atoms with Crippen LogP contribution in [0.15, 0.2) is 18.2 Å². The molecular weight excluding hydrogens is 304 g/mol. The molecule has 0 unspecified atom stereocenters. The molecule has 1 aliphatic heterocycles. The molecule has 2 rings (SSSR count). The molecule has 1 atom stereocenters. The molecule has 1 amide bonds. The fourth-order valence-corrected chi connectivity index (χ4v) is 3.07. The van der Waals surface area contributed by atoms with Gasteiger partial charge in [-0.15, -0.1) is 0 Å². The molecule has 0 aliphatic carbocycles. The monoisotopic (exact) mass is 334 g/mol. The molecule has 5 heteroatoms. The molecule has 1 saturated heterocycles. The van der Waals surface area contributed by atoms with Crippen molar-refractivity contribution < 1.29 is 14.3 Å². The fraction of sp³-hybridized carbons (Fsp3) is 0.632. The van der Waals surface area contributed by atoms with Crippen LogP contribution in [0.5, 0.6) is 11.5 Å². The second kappa shape index (κ2) is 8.92. The van der Waals surface area contributed by atoms with E-state index < -0.39 is 0 Å². The first-order valence-corrected chi connectivity index (χ1v) is 8.88. The average molecular weight is 334 g/mol. The van der Waals surface area contributed by atoms with Crippen molar-refractivity contribution in [3.05, 3.63) is 23.8 Å². The number of methoxy groups -OCH3 is 1. The van der Waals surface area contributed by atoms with Crippen molar-refractivity contribution in [2.45, 2.75) is 52.2 Å². The van der Waals surface area contributed by atoms with E-state index in [0.717, 1.165) is 13.1 Å². The van der Waals surface area contributed by atoms with E-state index in [1.807, 2.05) is 13.8 Å². The maximum absolute atomic E-state index is 12.5. The molecule has 0 radical (unpaired) electrons. The van der Waals surface area contributed by atoms with E-state index in [1.165, 1.54) is 19.3 Å². The van der Waals surface area contributed by atoms with Crippen LogP contribution in [-0.4, -0.2) is 49.7 Å². The van der Waals surface area contributed by atoms with Crippen molar-refractivity contribution in [2.24, 2.45) is 0 Å². The number of benzene rings is 1. The van der Waals surface area contributed by atoms with Gasteiger partial charge in [0, 0.05) is 25.2 Å². The lowest BCUT2D eigenvalue weighted by Gasteiger charge is -2.33. The van der Waals surface area contributed by atoms with Crippen LogP contribution < -0.4 is 14.8 Å². The van der Waals surface area contributed by atoms with Gasteiger partial charge in [0.15, 0.2) is 0 Å². The van der Waals surface area contributed by atoms with Gasteiger partial charge in [0.05, 0.1) is 18.8 Å². The topological polar surface area (TPSA) is 50.8 Å². The Balaban J connectivity index is 1.95. The lowest BCUT2D eigenvalue weighted by atomic mass is 10.0. The maximum atomic E-state index is 12.5. The summed E-state index contributed by atoms with van der Waals surface area (Å²) in [4.78, 5) is 15.0. The second-order valence-corrected chi connectivity index (χ2v) is 6.67. The molecule has 0 spiro atoms. The van der Waals surface area contributed by atoms with Gasteiger partial charge >= 0.3 is 0 Å². The van der Waals surface area contributed by atoms with E-state index in [2.05, 4.69) is 17.1 Å². The standard InChI is InChI=1S/C19H30N2O3/c1-14(2)24-18-13-16(23-4)8-9-17(18)19(22)20-10-12-21-11-6-5-7-15(21)3/h8-9,13-15H,5-7,10-12H2,1-4H3,(H,20,22)/t15-/m0/s1. The Hall–Kier alpha value is -1.75. The Kier molecular flexibility index (Phi) is 6.91. The SMILES string of the molecule is COc1ccc(C(=O)NCCN2CCCC[C@@H]2C)c(OC(C)C)c1. The highest BCUT2D eigenvalue weighted by atomic mass is 16.5. The summed E-state index contributed by atoms with van der Waals surface area (Å²) >= 11 is 0. The van der Waals surface area contributed by atoms with Crippen molar-refractivity contribution in [1.82, 2.24) is 10.2 Å². The molecule has 24 heavy (non-hydrogen) atoms. The molecular formula is C19H30N2O3. The first-order valence-electron chi connectivity index (χ1n) is 8.88. The number of nitrogens with one attached hydrogen (secondary N) is 1. The number of carbonyl (C=O) groups is 1. The van der Waals surface area contributed by atoms with Gasteiger partial charge in [-0.05, 0) is 52.3 Å². The van der Waals surface area contributed by atoms with Gasteiger partial charge in [-0.2, -0.15) is 0 Å².